The van der Waals surface area contributed by atoms with E-state index in [0.29, 0.717) is 13.2 Å². The van der Waals surface area contributed by atoms with E-state index in [-0.39, 0.29) is 12.1 Å². The largest absolute Gasteiger partial charge is 0.486 e. The van der Waals surface area contributed by atoms with E-state index in [9.17, 15) is 5.11 Å². The minimum atomic E-state index is -0.234. The number of benzene rings is 1. The third kappa shape index (κ3) is 3.16. The number of ether oxygens (including phenoxy) is 2. The van der Waals surface area contributed by atoms with Gasteiger partial charge in [0.2, 0.25) is 0 Å². The molecule has 0 spiro atoms. The van der Waals surface area contributed by atoms with Crippen LogP contribution in [0, 0.1) is 0 Å². The van der Waals surface area contributed by atoms with Gasteiger partial charge in [0.15, 0.2) is 11.5 Å². The van der Waals surface area contributed by atoms with Gasteiger partial charge in [-0.05, 0) is 31.9 Å². The Labute approximate surface area is 126 Å². The first kappa shape index (κ1) is 14.7. The second-order valence-electron chi connectivity index (χ2n) is 5.95. The summed E-state index contributed by atoms with van der Waals surface area (Å²) < 4.78 is 11.5. The normalized spacial score (nSPS) is 23.8. The minimum Gasteiger partial charge on any atom is -0.486 e. The summed E-state index contributed by atoms with van der Waals surface area (Å²) >= 11 is 0. The average Bonchev–Trinajstić information content (AvgIpc) is 2.55. The first-order valence-electron chi connectivity index (χ1n) is 8.09. The number of para-hydroxylation sites is 1. The number of fused-ring (bicyclic) bond motifs is 1. The molecular formula is C17H25NO3. The number of piperidine rings is 1. The Kier molecular flexibility index (Phi) is 4.66. The lowest BCUT2D eigenvalue weighted by atomic mass is 9.95. The zero-order valence-corrected chi connectivity index (χ0v) is 12.8. The maximum absolute atomic E-state index is 10.3. The predicted octanol–water partition coefficient (Wildman–Crippen LogP) is 2.58. The molecule has 2 aliphatic rings. The van der Waals surface area contributed by atoms with Crippen LogP contribution in [0.2, 0.25) is 0 Å². The molecule has 4 nitrogen and oxygen atoms in total. The molecule has 116 valence electrons. The van der Waals surface area contributed by atoms with Crippen LogP contribution in [0.3, 0.4) is 0 Å². The van der Waals surface area contributed by atoms with Crippen molar-refractivity contribution in [2.24, 2.45) is 0 Å². The SMILES string of the molecule is CCC(O)C1CCCCN1Cc1cccc2c1OCCO2. The van der Waals surface area contributed by atoms with Crippen molar-refractivity contribution in [1.82, 2.24) is 4.90 Å². The van der Waals surface area contributed by atoms with E-state index in [1.54, 1.807) is 0 Å². The van der Waals surface area contributed by atoms with Crippen LogP contribution in [0.25, 0.3) is 0 Å². The lowest BCUT2D eigenvalue weighted by Crippen LogP contribution is -2.46. The zero-order valence-electron chi connectivity index (χ0n) is 12.8. The number of aliphatic hydroxyl groups is 1. The predicted molar refractivity (Wildman–Crippen MR) is 81.8 cm³/mol. The van der Waals surface area contributed by atoms with E-state index < -0.39 is 0 Å². The summed E-state index contributed by atoms with van der Waals surface area (Å²) in [5.41, 5.74) is 1.17. The molecule has 2 heterocycles. The second kappa shape index (κ2) is 6.67. The van der Waals surface area contributed by atoms with Crippen molar-refractivity contribution in [1.29, 1.82) is 0 Å². The molecular weight excluding hydrogens is 266 g/mol. The van der Waals surface area contributed by atoms with Crippen LogP contribution in [-0.4, -0.2) is 41.9 Å². The minimum absolute atomic E-state index is 0.234. The average molecular weight is 291 g/mol. The molecule has 0 saturated carbocycles. The van der Waals surface area contributed by atoms with Gasteiger partial charge in [0, 0.05) is 18.2 Å². The molecule has 4 heteroatoms. The molecule has 1 fully saturated rings. The fourth-order valence-corrected chi connectivity index (χ4v) is 3.40. The number of hydrogen-bond donors (Lipinski definition) is 1. The van der Waals surface area contributed by atoms with Gasteiger partial charge < -0.3 is 14.6 Å². The molecule has 0 aliphatic carbocycles. The van der Waals surface area contributed by atoms with Gasteiger partial charge in [0.1, 0.15) is 13.2 Å². The monoisotopic (exact) mass is 291 g/mol. The molecule has 0 aromatic heterocycles. The van der Waals surface area contributed by atoms with E-state index in [1.807, 2.05) is 12.1 Å². The molecule has 0 radical (unpaired) electrons. The van der Waals surface area contributed by atoms with Crippen LogP contribution in [0.1, 0.15) is 38.2 Å². The summed E-state index contributed by atoms with van der Waals surface area (Å²) in [6.45, 7) is 5.17. The Hall–Kier alpha value is -1.26. The molecule has 2 atom stereocenters. The smallest absolute Gasteiger partial charge is 0.165 e. The molecule has 21 heavy (non-hydrogen) atoms. The Balaban J connectivity index is 1.78. The summed E-state index contributed by atoms with van der Waals surface area (Å²) in [6, 6.07) is 6.37. The van der Waals surface area contributed by atoms with Crippen molar-refractivity contribution in [3.63, 3.8) is 0 Å². The van der Waals surface area contributed by atoms with E-state index in [0.717, 1.165) is 37.4 Å². The topological polar surface area (TPSA) is 41.9 Å². The van der Waals surface area contributed by atoms with E-state index in [1.165, 1.54) is 18.4 Å². The quantitative estimate of drug-likeness (QED) is 0.926. The highest BCUT2D eigenvalue weighted by atomic mass is 16.6. The lowest BCUT2D eigenvalue weighted by molar-refractivity contribution is 0.0188. The maximum Gasteiger partial charge on any atom is 0.165 e. The molecule has 1 aromatic rings. The summed E-state index contributed by atoms with van der Waals surface area (Å²) in [6.07, 6.45) is 4.08. The molecule has 1 aromatic carbocycles. The Morgan fingerprint density at radius 1 is 1.29 bits per heavy atom. The van der Waals surface area contributed by atoms with Crippen LogP contribution < -0.4 is 9.47 Å². The number of likely N-dealkylation sites (tertiary alicyclic amines) is 1. The number of aliphatic hydroxyl groups excluding tert-OH is 1. The van der Waals surface area contributed by atoms with Gasteiger partial charge in [-0.2, -0.15) is 0 Å². The lowest BCUT2D eigenvalue weighted by Gasteiger charge is -2.38. The van der Waals surface area contributed by atoms with E-state index >= 15 is 0 Å². The van der Waals surface area contributed by atoms with Crippen LogP contribution in [0.15, 0.2) is 18.2 Å². The molecule has 3 rings (SSSR count). The highest BCUT2D eigenvalue weighted by Crippen LogP contribution is 2.35. The fraction of sp³-hybridized carbons (Fsp3) is 0.647. The zero-order chi connectivity index (χ0) is 14.7. The molecule has 2 unspecified atom stereocenters. The summed E-state index contributed by atoms with van der Waals surface area (Å²) in [7, 11) is 0. The Bertz CT molecular complexity index is 477. The molecule has 2 aliphatic heterocycles. The van der Waals surface area contributed by atoms with Gasteiger partial charge in [0.05, 0.1) is 6.10 Å². The van der Waals surface area contributed by atoms with Crippen molar-refractivity contribution < 1.29 is 14.6 Å². The second-order valence-corrected chi connectivity index (χ2v) is 5.95. The van der Waals surface area contributed by atoms with Gasteiger partial charge >= 0.3 is 0 Å². The van der Waals surface area contributed by atoms with Crippen molar-refractivity contribution in [2.75, 3.05) is 19.8 Å². The van der Waals surface area contributed by atoms with Gasteiger partial charge in [-0.25, -0.2) is 0 Å². The molecule has 1 saturated heterocycles. The van der Waals surface area contributed by atoms with E-state index in [2.05, 4.69) is 17.9 Å². The third-order valence-electron chi connectivity index (χ3n) is 4.55. The molecule has 1 N–H and O–H groups in total. The number of rotatable bonds is 4. The summed E-state index contributed by atoms with van der Waals surface area (Å²) in [4.78, 5) is 2.41. The van der Waals surface area contributed by atoms with Gasteiger partial charge in [-0.3, -0.25) is 4.90 Å². The van der Waals surface area contributed by atoms with Crippen molar-refractivity contribution >= 4 is 0 Å². The third-order valence-corrected chi connectivity index (χ3v) is 4.55. The van der Waals surface area contributed by atoms with Crippen molar-refractivity contribution in [2.45, 2.75) is 51.3 Å². The summed E-state index contributed by atoms with van der Waals surface area (Å²) in [5.74, 6) is 1.74. The van der Waals surface area contributed by atoms with Gasteiger partial charge in [-0.1, -0.05) is 25.5 Å². The standard InChI is InChI=1S/C17H25NO3/c1-2-15(19)14-7-3-4-9-18(14)12-13-6-5-8-16-17(13)21-11-10-20-16/h5-6,8,14-15,19H,2-4,7,9-12H2,1H3. The first-order valence-corrected chi connectivity index (χ1v) is 8.09. The van der Waals surface area contributed by atoms with Crippen LogP contribution >= 0.6 is 0 Å². The number of nitrogens with zero attached hydrogens (tertiary/aromatic N) is 1. The summed E-state index contributed by atoms with van der Waals surface area (Å²) in [5, 5.41) is 10.3. The highest BCUT2D eigenvalue weighted by Gasteiger charge is 2.29. The number of hydrogen-bond acceptors (Lipinski definition) is 4. The van der Waals surface area contributed by atoms with Crippen LogP contribution in [0.4, 0.5) is 0 Å². The van der Waals surface area contributed by atoms with Crippen LogP contribution in [0.5, 0.6) is 11.5 Å². The van der Waals surface area contributed by atoms with Gasteiger partial charge in [-0.15, -0.1) is 0 Å². The Morgan fingerprint density at radius 3 is 3.00 bits per heavy atom. The fourth-order valence-electron chi connectivity index (χ4n) is 3.40. The molecule has 0 bridgehead atoms. The van der Waals surface area contributed by atoms with Gasteiger partial charge in [0.25, 0.3) is 0 Å². The Morgan fingerprint density at radius 2 is 2.14 bits per heavy atom. The first-order chi connectivity index (χ1) is 10.3. The maximum atomic E-state index is 10.3. The van der Waals surface area contributed by atoms with Crippen molar-refractivity contribution in [3.05, 3.63) is 23.8 Å². The van der Waals surface area contributed by atoms with Crippen molar-refractivity contribution in [3.8, 4) is 11.5 Å². The van der Waals surface area contributed by atoms with Crippen LogP contribution in [-0.2, 0) is 6.54 Å². The highest BCUT2D eigenvalue weighted by molar-refractivity contribution is 5.47. The molecule has 0 amide bonds. The van der Waals surface area contributed by atoms with E-state index in [4.69, 9.17) is 9.47 Å².